The van der Waals surface area contributed by atoms with Crippen molar-refractivity contribution in [2.75, 3.05) is 6.54 Å². The van der Waals surface area contributed by atoms with Crippen LogP contribution < -0.4 is 0 Å². The van der Waals surface area contributed by atoms with Crippen LogP contribution in [0.1, 0.15) is 27.2 Å². The first-order chi connectivity index (χ1) is 8.30. The van der Waals surface area contributed by atoms with Gasteiger partial charge in [-0.05, 0) is 20.8 Å². The normalized spacial score (nSPS) is 11.3. The van der Waals surface area contributed by atoms with Gasteiger partial charge in [0, 0.05) is 30.9 Å². The maximum atomic E-state index is 12.0. The Kier molecular flexibility index (Phi) is 4.47. The second kappa shape index (κ2) is 5.66. The molecule has 1 aromatic rings. The van der Waals surface area contributed by atoms with E-state index in [1.165, 1.54) is 4.90 Å². The summed E-state index contributed by atoms with van der Waals surface area (Å²) in [5, 5.41) is 8.84. The second-order valence-corrected chi connectivity index (χ2v) is 5.09. The van der Waals surface area contributed by atoms with Gasteiger partial charge >= 0.3 is 5.97 Å². The fourth-order valence-electron chi connectivity index (χ4n) is 1.61. The van der Waals surface area contributed by atoms with Gasteiger partial charge in [-0.3, -0.25) is 9.59 Å². The number of hydrogen-bond donors (Lipinski definition) is 1. The minimum atomic E-state index is -0.999. The number of carbonyl (C=O) groups is 2. The van der Waals surface area contributed by atoms with Gasteiger partial charge in [-0.1, -0.05) is 0 Å². The third-order valence-electron chi connectivity index (χ3n) is 2.55. The smallest absolute Gasteiger partial charge is 0.323 e. The predicted molar refractivity (Wildman–Crippen MR) is 65.9 cm³/mol. The zero-order valence-electron chi connectivity index (χ0n) is 11.0. The number of hydrogen-bond acceptors (Lipinski definition) is 3. The number of imidazole rings is 1. The van der Waals surface area contributed by atoms with Gasteiger partial charge < -0.3 is 14.6 Å². The van der Waals surface area contributed by atoms with E-state index >= 15 is 0 Å². The zero-order chi connectivity index (χ0) is 13.8. The van der Waals surface area contributed by atoms with Gasteiger partial charge in [0.1, 0.15) is 6.54 Å². The summed E-state index contributed by atoms with van der Waals surface area (Å²) in [4.78, 5) is 28.1. The summed E-state index contributed by atoms with van der Waals surface area (Å²) < 4.78 is 1.79. The Bertz CT molecular complexity index is 407. The number of aromatic nitrogens is 2. The maximum absolute atomic E-state index is 12.0. The quantitative estimate of drug-likeness (QED) is 0.849. The molecule has 0 aliphatic rings. The molecule has 100 valence electrons. The van der Waals surface area contributed by atoms with E-state index in [2.05, 4.69) is 4.98 Å². The highest BCUT2D eigenvalue weighted by Crippen LogP contribution is 2.14. The summed E-state index contributed by atoms with van der Waals surface area (Å²) in [7, 11) is 0. The molecule has 1 heterocycles. The van der Waals surface area contributed by atoms with Gasteiger partial charge in [0.15, 0.2) is 0 Å². The van der Waals surface area contributed by atoms with Crippen LogP contribution in [-0.2, 0) is 16.1 Å². The van der Waals surface area contributed by atoms with Crippen LogP contribution in [0.15, 0.2) is 18.7 Å². The fourth-order valence-corrected chi connectivity index (χ4v) is 1.61. The van der Waals surface area contributed by atoms with Gasteiger partial charge in [0.25, 0.3) is 0 Å². The number of carbonyl (C=O) groups excluding carboxylic acids is 1. The summed E-state index contributed by atoms with van der Waals surface area (Å²) in [6.07, 6.45) is 5.31. The Morgan fingerprint density at radius 2 is 2.06 bits per heavy atom. The molecule has 0 aromatic carbocycles. The first kappa shape index (κ1) is 14.2. The third kappa shape index (κ3) is 4.20. The van der Waals surface area contributed by atoms with Crippen LogP contribution in [0.4, 0.5) is 0 Å². The Morgan fingerprint density at radius 1 is 1.39 bits per heavy atom. The van der Waals surface area contributed by atoms with Crippen LogP contribution in [0.25, 0.3) is 0 Å². The zero-order valence-corrected chi connectivity index (χ0v) is 11.0. The molecular formula is C12H19N3O3. The summed E-state index contributed by atoms with van der Waals surface area (Å²) >= 11 is 0. The number of rotatable bonds is 5. The lowest BCUT2D eigenvalue weighted by atomic mass is 10.1. The van der Waals surface area contributed by atoms with Crippen LogP contribution in [0.2, 0.25) is 0 Å². The van der Waals surface area contributed by atoms with Gasteiger partial charge in [0.05, 0.1) is 6.33 Å². The van der Waals surface area contributed by atoms with E-state index in [0.717, 1.165) is 0 Å². The van der Waals surface area contributed by atoms with Crippen molar-refractivity contribution in [3.05, 3.63) is 18.7 Å². The predicted octanol–water partition coefficient (Wildman–Crippen LogP) is 0.985. The number of aryl methyl sites for hydroxylation is 1. The maximum Gasteiger partial charge on any atom is 0.323 e. The van der Waals surface area contributed by atoms with E-state index in [9.17, 15) is 9.59 Å². The number of nitrogens with zero attached hydrogens (tertiary/aromatic N) is 3. The monoisotopic (exact) mass is 253 g/mol. The highest BCUT2D eigenvalue weighted by Gasteiger charge is 2.27. The molecule has 0 radical (unpaired) electrons. The van der Waals surface area contributed by atoms with E-state index in [1.54, 1.807) is 23.3 Å². The molecule has 18 heavy (non-hydrogen) atoms. The molecule has 1 aromatic heterocycles. The van der Waals surface area contributed by atoms with E-state index in [1.807, 2.05) is 20.8 Å². The topological polar surface area (TPSA) is 75.4 Å². The molecule has 0 fully saturated rings. The minimum absolute atomic E-state index is 0.168. The molecule has 0 atom stereocenters. The Labute approximate surface area is 106 Å². The molecule has 0 saturated heterocycles. The fraction of sp³-hybridized carbons (Fsp3) is 0.583. The molecule has 6 heteroatoms. The number of carboxylic acid groups (broad SMARTS) is 1. The van der Waals surface area contributed by atoms with Crippen molar-refractivity contribution in [3.63, 3.8) is 0 Å². The van der Waals surface area contributed by atoms with Crippen molar-refractivity contribution in [1.29, 1.82) is 0 Å². The molecule has 0 spiro atoms. The SMILES string of the molecule is CC(C)(C)N(CC(=O)O)C(=O)CCn1ccnc1. The van der Waals surface area contributed by atoms with Crippen molar-refractivity contribution in [1.82, 2.24) is 14.5 Å². The van der Waals surface area contributed by atoms with Crippen LogP contribution in [0.3, 0.4) is 0 Å². The lowest BCUT2D eigenvalue weighted by molar-refractivity contribution is -0.148. The molecule has 0 unspecified atom stereocenters. The van der Waals surface area contributed by atoms with Crippen LogP contribution >= 0.6 is 0 Å². The van der Waals surface area contributed by atoms with Crippen molar-refractivity contribution >= 4 is 11.9 Å². The van der Waals surface area contributed by atoms with Crippen molar-refractivity contribution in [2.24, 2.45) is 0 Å². The summed E-state index contributed by atoms with van der Waals surface area (Å²) in [5.41, 5.74) is -0.496. The Balaban J connectivity index is 2.62. The largest absolute Gasteiger partial charge is 0.480 e. The molecular weight excluding hydrogens is 234 g/mol. The van der Waals surface area contributed by atoms with Crippen LogP contribution in [0.5, 0.6) is 0 Å². The molecule has 0 aliphatic heterocycles. The molecule has 1 rings (SSSR count). The van der Waals surface area contributed by atoms with Crippen molar-refractivity contribution in [2.45, 2.75) is 39.3 Å². The van der Waals surface area contributed by atoms with Crippen LogP contribution in [-0.4, -0.2) is 43.5 Å². The average Bonchev–Trinajstić information content (AvgIpc) is 2.73. The van der Waals surface area contributed by atoms with E-state index in [4.69, 9.17) is 5.11 Å². The number of amides is 1. The molecule has 0 aliphatic carbocycles. The summed E-state index contributed by atoms with van der Waals surface area (Å²) in [6, 6.07) is 0. The molecule has 1 amide bonds. The Morgan fingerprint density at radius 3 is 2.50 bits per heavy atom. The highest BCUT2D eigenvalue weighted by atomic mass is 16.4. The molecule has 6 nitrogen and oxygen atoms in total. The number of aliphatic carboxylic acids is 1. The van der Waals surface area contributed by atoms with Gasteiger partial charge in [-0.2, -0.15) is 0 Å². The lowest BCUT2D eigenvalue weighted by Gasteiger charge is -2.34. The number of carboxylic acids is 1. The molecule has 1 N–H and O–H groups in total. The minimum Gasteiger partial charge on any atom is -0.480 e. The van der Waals surface area contributed by atoms with Crippen molar-refractivity contribution in [3.8, 4) is 0 Å². The van der Waals surface area contributed by atoms with Crippen molar-refractivity contribution < 1.29 is 14.7 Å². The first-order valence-electron chi connectivity index (χ1n) is 5.78. The third-order valence-corrected chi connectivity index (χ3v) is 2.55. The van der Waals surface area contributed by atoms with E-state index in [0.29, 0.717) is 6.54 Å². The lowest BCUT2D eigenvalue weighted by Crippen LogP contribution is -2.48. The summed E-state index contributed by atoms with van der Waals surface area (Å²) in [5.74, 6) is -1.17. The van der Waals surface area contributed by atoms with Gasteiger partial charge in [-0.15, -0.1) is 0 Å². The highest BCUT2D eigenvalue weighted by molar-refractivity contribution is 5.81. The van der Waals surface area contributed by atoms with E-state index in [-0.39, 0.29) is 18.9 Å². The molecule has 0 saturated carbocycles. The second-order valence-electron chi connectivity index (χ2n) is 5.09. The van der Waals surface area contributed by atoms with E-state index < -0.39 is 11.5 Å². The first-order valence-corrected chi connectivity index (χ1v) is 5.78. The van der Waals surface area contributed by atoms with Gasteiger partial charge in [-0.25, -0.2) is 4.98 Å². The van der Waals surface area contributed by atoms with Crippen LogP contribution in [0, 0.1) is 0 Å². The Hall–Kier alpha value is -1.85. The van der Waals surface area contributed by atoms with Gasteiger partial charge in [0.2, 0.25) is 5.91 Å². The summed E-state index contributed by atoms with van der Waals surface area (Å²) in [6.45, 7) is 5.71. The standard InChI is InChI=1S/C12H19N3O3/c1-12(2,3)15(8-11(17)18)10(16)4-6-14-7-5-13-9-14/h5,7,9H,4,6,8H2,1-3H3,(H,17,18). The molecule has 0 bridgehead atoms. The average molecular weight is 253 g/mol.